The van der Waals surface area contributed by atoms with Crippen LogP contribution in [-0.2, 0) is 26.1 Å². The Morgan fingerprint density at radius 1 is 1.34 bits per heavy atom. The van der Waals surface area contributed by atoms with Gasteiger partial charge in [-0.05, 0) is 25.8 Å². The number of thiazole rings is 1. The molecule has 1 aromatic carbocycles. The summed E-state index contributed by atoms with van der Waals surface area (Å²) in [6.45, 7) is 3.05. The second-order valence-electron chi connectivity index (χ2n) is 6.80. The molecular formula is C18H23F2N3O4S2. The molecular weight excluding hydrogens is 424 g/mol. The summed E-state index contributed by atoms with van der Waals surface area (Å²) in [5, 5.41) is 0. The highest BCUT2D eigenvalue weighted by atomic mass is 32.2. The number of halogens is 2. The van der Waals surface area contributed by atoms with Gasteiger partial charge in [-0.15, -0.1) is 0 Å². The van der Waals surface area contributed by atoms with Crippen LogP contribution in [0.15, 0.2) is 17.1 Å². The predicted octanol–water partition coefficient (Wildman–Crippen LogP) is 2.26. The van der Waals surface area contributed by atoms with E-state index in [1.165, 1.54) is 14.9 Å². The van der Waals surface area contributed by atoms with Gasteiger partial charge in [-0.3, -0.25) is 4.79 Å². The lowest BCUT2D eigenvalue weighted by molar-refractivity contribution is -0.122. The van der Waals surface area contributed by atoms with Crippen LogP contribution >= 0.6 is 11.3 Å². The minimum absolute atomic E-state index is 0.145. The summed E-state index contributed by atoms with van der Waals surface area (Å²) >= 11 is 0.983. The van der Waals surface area contributed by atoms with Gasteiger partial charge in [0.25, 0.3) is 5.91 Å². The maximum Gasteiger partial charge on any atom is 0.266 e. The van der Waals surface area contributed by atoms with Gasteiger partial charge in [0.1, 0.15) is 11.9 Å². The number of rotatable bonds is 6. The van der Waals surface area contributed by atoms with Crippen molar-refractivity contribution >= 4 is 37.5 Å². The van der Waals surface area contributed by atoms with Crippen LogP contribution < -0.4 is 4.80 Å². The van der Waals surface area contributed by atoms with Gasteiger partial charge in [0.05, 0.1) is 23.1 Å². The molecule has 1 saturated heterocycles. The number of aromatic nitrogens is 1. The van der Waals surface area contributed by atoms with Gasteiger partial charge in [-0.25, -0.2) is 17.2 Å². The van der Waals surface area contributed by atoms with Crippen LogP contribution in [0.3, 0.4) is 0 Å². The fraction of sp³-hybridized carbons (Fsp3) is 0.556. The fourth-order valence-corrected chi connectivity index (χ4v) is 5.66. The van der Waals surface area contributed by atoms with E-state index in [0.29, 0.717) is 30.6 Å². The molecule has 29 heavy (non-hydrogen) atoms. The molecule has 0 bridgehead atoms. The van der Waals surface area contributed by atoms with Crippen molar-refractivity contribution in [1.82, 2.24) is 8.87 Å². The number of fused-ring (bicyclic) bond motifs is 1. The molecule has 3 rings (SSSR count). The smallest absolute Gasteiger partial charge is 0.266 e. The van der Waals surface area contributed by atoms with Crippen LogP contribution in [0.1, 0.15) is 26.2 Å². The standard InChI is InChI=1S/C18H23F2N3O4S2/c1-3-27-9-8-22-16-13(20)10-12(19)11-15(16)28-18(22)21-17(24)14-6-4-5-7-23(14)29(2,25)26/h10-11,14H,3-9H2,1-2H3. The number of benzene rings is 1. The molecule has 1 aliphatic heterocycles. The Kier molecular flexibility index (Phi) is 6.82. The summed E-state index contributed by atoms with van der Waals surface area (Å²) in [7, 11) is -3.56. The number of carbonyl (C=O) groups excluding carboxylic acids is 1. The number of hydrogen-bond acceptors (Lipinski definition) is 5. The zero-order chi connectivity index (χ0) is 21.2. The molecule has 1 atom stereocenters. The van der Waals surface area contributed by atoms with Crippen LogP contribution in [0.2, 0.25) is 0 Å². The molecule has 1 fully saturated rings. The third-order valence-electron chi connectivity index (χ3n) is 4.73. The van der Waals surface area contributed by atoms with Crippen LogP contribution in [0.25, 0.3) is 10.2 Å². The monoisotopic (exact) mass is 447 g/mol. The van der Waals surface area contributed by atoms with Crippen molar-refractivity contribution in [2.45, 2.75) is 38.8 Å². The van der Waals surface area contributed by atoms with Gasteiger partial charge in [0, 0.05) is 25.8 Å². The van der Waals surface area contributed by atoms with Crippen molar-refractivity contribution in [1.29, 1.82) is 0 Å². The summed E-state index contributed by atoms with van der Waals surface area (Å²) in [5.41, 5.74) is 0.145. The highest BCUT2D eigenvalue weighted by Gasteiger charge is 2.34. The first kappa shape index (κ1) is 22.0. The van der Waals surface area contributed by atoms with E-state index >= 15 is 0 Å². The van der Waals surface area contributed by atoms with Crippen LogP contribution in [-0.4, -0.2) is 55.3 Å². The molecule has 2 aromatic rings. The summed E-state index contributed by atoms with van der Waals surface area (Å²) in [6, 6.07) is 1.09. The minimum Gasteiger partial charge on any atom is -0.380 e. The van der Waals surface area contributed by atoms with Gasteiger partial charge in [-0.1, -0.05) is 17.8 Å². The van der Waals surface area contributed by atoms with E-state index in [2.05, 4.69) is 4.99 Å². The molecule has 0 spiro atoms. The van der Waals surface area contributed by atoms with Gasteiger partial charge in [0.15, 0.2) is 10.6 Å². The zero-order valence-corrected chi connectivity index (χ0v) is 17.9. The molecule has 2 heterocycles. The Bertz CT molecular complexity index is 1080. The summed E-state index contributed by atoms with van der Waals surface area (Å²) in [5.74, 6) is -2.08. The van der Waals surface area contributed by atoms with Crippen molar-refractivity contribution in [3.63, 3.8) is 0 Å². The van der Waals surface area contributed by atoms with Crippen molar-refractivity contribution < 1.29 is 26.7 Å². The minimum atomic E-state index is -3.56. The Morgan fingerprint density at radius 3 is 2.79 bits per heavy atom. The number of nitrogens with zero attached hydrogens (tertiary/aromatic N) is 3. The van der Waals surface area contributed by atoms with E-state index in [9.17, 15) is 22.0 Å². The summed E-state index contributed by atoms with van der Waals surface area (Å²) < 4.78 is 60.4. The lowest BCUT2D eigenvalue weighted by atomic mass is 10.0. The Hall–Kier alpha value is -1.69. The lowest BCUT2D eigenvalue weighted by Gasteiger charge is -2.31. The molecule has 0 N–H and O–H groups in total. The van der Waals surface area contributed by atoms with Gasteiger partial charge < -0.3 is 9.30 Å². The SMILES string of the molecule is CCOCCn1c(=NC(=O)C2CCCCN2S(C)(=O)=O)sc2cc(F)cc(F)c21. The topological polar surface area (TPSA) is 81.0 Å². The van der Waals surface area contributed by atoms with Crippen molar-refractivity contribution in [2.75, 3.05) is 26.0 Å². The second kappa shape index (κ2) is 8.99. The van der Waals surface area contributed by atoms with E-state index in [4.69, 9.17) is 4.74 Å². The average molecular weight is 448 g/mol. The maximum absolute atomic E-state index is 14.4. The van der Waals surface area contributed by atoms with Gasteiger partial charge >= 0.3 is 0 Å². The highest BCUT2D eigenvalue weighted by Crippen LogP contribution is 2.24. The first-order valence-corrected chi connectivity index (χ1v) is 12.0. The number of ether oxygens (including phenoxy) is 1. The molecule has 1 aromatic heterocycles. The van der Waals surface area contributed by atoms with Crippen LogP contribution in [0.5, 0.6) is 0 Å². The highest BCUT2D eigenvalue weighted by molar-refractivity contribution is 7.88. The normalized spacial score (nSPS) is 19.2. The van der Waals surface area contributed by atoms with Crippen molar-refractivity contribution in [3.05, 3.63) is 28.6 Å². The Balaban J connectivity index is 2.07. The van der Waals surface area contributed by atoms with E-state index < -0.39 is 33.6 Å². The lowest BCUT2D eigenvalue weighted by Crippen LogP contribution is -2.47. The molecule has 0 saturated carbocycles. The van der Waals surface area contributed by atoms with Crippen LogP contribution in [0.4, 0.5) is 8.78 Å². The molecule has 0 aliphatic carbocycles. The fourth-order valence-electron chi connectivity index (χ4n) is 3.44. The molecule has 11 heteroatoms. The first-order chi connectivity index (χ1) is 13.7. The van der Waals surface area contributed by atoms with Crippen molar-refractivity contribution in [2.24, 2.45) is 4.99 Å². The molecule has 160 valence electrons. The third-order valence-corrected chi connectivity index (χ3v) is 7.04. The molecule has 1 aliphatic rings. The number of piperidine rings is 1. The van der Waals surface area contributed by atoms with E-state index in [1.54, 1.807) is 0 Å². The Labute approximate surface area is 171 Å². The van der Waals surface area contributed by atoms with Gasteiger partial charge in [0.2, 0.25) is 10.0 Å². The summed E-state index contributed by atoms with van der Waals surface area (Å²) in [6.07, 6.45) is 2.84. The van der Waals surface area contributed by atoms with Crippen molar-refractivity contribution in [3.8, 4) is 0 Å². The molecule has 1 amide bonds. The number of amides is 1. The predicted molar refractivity (Wildman–Crippen MR) is 106 cm³/mol. The molecule has 7 nitrogen and oxygen atoms in total. The molecule has 1 unspecified atom stereocenters. The van der Waals surface area contributed by atoms with Crippen LogP contribution in [0, 0.1) is 11.6 Å². The molecule has 0 radical (unpaired) electrons. The number of carbonyl (C=O) groups is 1. The maximum atomic E-state index is 14.4. The largest absolute Gasteiger partial charge is 0.380 e. The van der Waals surface area contributed by atoms with Gasteiger partial charge in [-0.2, -0.15) is 9.30 Å². The number of hydrogen-bond donors (Lipinski definition) is 0. The van der Waals surface area contributed by atoms with E-state index in [0.717, 1.165) is 23.7 Å². The average Bonchev–Trinajstić information content (AvgIpc) is 2.98. The Morgan fingerprint density at radius 2 is 2.10 bits per heavy atom. The van der Waals surface area contributed by atoms with E-state index in [-0.39, 0.29) is 30.0 Å². The quantitative estimate of drug-likeness (QED) is 0.636. The second-order valence-corrected chi connectivity index (χ2v) is 9.75. The summed E-state index contributed by atoms with van der Waals surface area (Å²) in [4.78, 5) is 17.2. The number of sulfonamides is 1. The third kappa shape index (κ3) is 4.90. The first-order valence-electron chi connectivity index (χ1n) is 9.34. The zero-order valence-electron chi connectivity index (χ0n) is 16.2. The van der Waals surface area contributed by atoms with E-state index in [1.807, 2.05) is 6.92 Å².